The Labute approximate surface area is 196 Å². The molecule has 0 aliphatic rings. The van der Waals surface area contributed by atoms with Crippen molar-refractivity contribution in [1.29, 1.82) is 0 Å². The smallest absolute Gasteiger partial charge is 0.268 e. The van der Waals surface area contributed by atoms with Gasteiger partial charge in [-0.05, 0) is 42.0 Å². The third-order valence-corrected chi connectivity index (χ3v) is 7.22. The van der Waals surface area contributed by atoms with E-state index in [4.69, 9.17) is 18.9 Å². The first kappa shape index (κ1) is 23.7. The van der Waals surface area contributed by atoms with Gasteiger partial charge < -0.3 is 18.9 Å². The Morgan fingerprint density at radius 1 is 0.719 bits per heavy atom. The van der Waals surface area contributed by atoms with Crippen molar-refractivity contribution in [2.45, 2.75) is 10.2 Å². The van der Waals surface area contributed by atoms with E-state index in [2.05, 4.69) is 15.9 Å². The Hall–Kier alpha value is -2.91. The number of nitrogens with zero attached hydrogens (tertiary/aromatic N) is 1. The van der Waals surface area contributed by atoms with E-state index in [0.717, 1.165) is 5.56 Å². The van der Waals surface area contributed by atoms with E-state index >= 15 is 0 Å². The minimum atomic E-state index is -4.06. The lowest BCUT2D eigenvalue weighted by Crippen LogP contribution is -2.27. The predicted octanol–water partition coefficient (Wildman–Crippen LogP) is 5.14. The van der Waals surface area contributed by atoms with Crippen molar-refractivity contribution in [3.05, 3.63) is 66.2 Å². The first-order chi connectivity index (χ1) is 15.4. The average molecular weight is 522 g/mol. The van der Waals surface area contributed by atoms with Crippen molar-refractivity contribution >= 4 is 37.3 Å². The summed E-state index contributed by atoms with van der Waals surface area (Å²) < 4.78 is 50.6. The second-order valence-electron chi connectivity index (χ2n) is 6.62. The number of alkyl halides is 1. The third-order valence-electron chi connectivity index (χ3n) is 4.83. The number of sulfonamides is 1. The van der Waals surface area contributed by atoms with Gasteiger partial charge in [-0.25, -0.2) is 12.7 Å². The molecule has 0 amide bonds. The predicted molar refractivity (Wildman–Crippen MR) is 127 cm³/mol. The van der Waals surface area contributed by atoms with Crippen LogP contribution in [0.4, 0.5) is 11.4 Å². The molecule has 0 fully saturated rings. The molecule has 0 heterocycles. The van der Waals surface area contributed by atoms with Gasteiger partial charge >= 0.3 is 0 Å². The summed E-state index contributed by atoms with van der Waals surface area (Å²) in [7, 11) is 1.94. The summed E-state index contributed by atoms with van der Waals surface area (Å²) in [5, 5.41) is 0.621. The van der Waals surface area contributed by atoms with Crippen LogP contribution >= 0.6 is 15.9 Å². The van der Waals surface area contributed by atoms with Gasteiger partial charge in [-0.15, -0.1) is 0 Å². The van der Waals surface area contributed by atoms with E-state index in [1.54, 1.807) is 60.7 Å². The maximum atomic E-state index is 13.9. The molecule has 9 heteroatoms. The van der Waals surface area contributed by atoms with Gasteiger partial charge in [0.05, 0.1) is 44.7 Å². The van der Waals surface area contributed by atoms with Gasteiger partial charge in [0.15, 0.2) is 0 Å². The van der Waals surface area contributed by atoms with Crippen molar-refractivity contribution in [2.24, 2.45) is 0 Å². The maximum absolute atomic E-state index is 13.9. The SMILES string of the molecule is COc1ccc(N(c2ccc(OC)cc2OC)S(=O)(=O)c2ccc(CBr)cc2)c(OC)c1. The Balaban J connectivity index is 2.29. The fourth-order valence-corrected chi connectivity index (χ4v) is 5.03. The van der Waals surface area contributed by atoms with E-state index in [9.17, 15) is 8.42 Å². The first-order valence-electron chi connectivity index (χ1n) is 9.53. The van der Waals surface area contributed by atoms with Crippen LogP contribution in [0.15, 0.2) is 65.6 Å². The minimum absolute atomic E-state index is 0.123. The lowest BCUT2D eigenvalue weighted by molar-refractivity contribution is 0.393. The molecule has 0 aliphatic heterocycles. The number of rotatable bonds is 9. The highest BCUT2D eigenvalue weighted by Crippen LogP contribution is 2.44. The fourth-order valence-electron chi connectivity index (χ4n) is 3.15. The lowest BCUT2D eigenvalue weighted by atomic mass is 10.2. The molecular weight excluding hydrogens is 498 g/mol. The van der Waals surface area contributed by atoms with Crippen molar-refractivity contribution < 1.29 is 27.4 Å². The molecule has 0 saturated heterocycles. The van der Waals surface area contributed by atoms with Gasteiger partial charge in [0.1, 0.15) is 23.0 Å². The summed E-state index contributed by atoms with van der Waals surface area (Å²) in [6, 6.07) is 16.5. The van der Waals surface area contributed by atoms with E-state index in [-0.39, 0.29) is 4.90 Å². The average Bonchev–Trinajstić information content (AvgIpc) is 2.84. The van der Waals surface area contributed by atoms with Crippen LogP contribution in [-0.2, 0) is 15.4 Å². The molecule has 0 spiro atoms. The highest BCUT2D eigenvalue weighted by molar-refractivity contribution is 9.08. The number of methoxy groups -OCH3 is 4. The van der Waals surface area contributed by atoms with Gasteiger partial charge in [0, 0.05) is 17.5 Å². The van der Waals surface area contributed by atoms with E-state index in [1.165, 1.54) is 32.7 Å². The molecule has 0 radical (unpaired) electrons. The molecule has 3 aromatic carbocycles. The number of benzene rings is 3. The van der Waals surface area contributed by atoms with Crippen LogP contribution in [-0.4, -0.2) is 36.9 Å². The standard InChI is InChI=1S/C23H24BrNO6S/c1-28-17-7-11-20(22(13-17)30-3)25(21-12-8-18(29-2)14-23(21)31-4)32(26,27)19-9-5-16(15-24)6-10-19/h5-14H,15H2,1-4H3. The van der Waals surface area contributed by atoms with Crippen molar-refractivity contribution in [1.82, 2.24) is 0 Å². The Kier molecular flexibility index (Phi) is 7.52. The largest absolute Gasteiger partial charge is 0.497 e. The Morgan fingerprint density at radius 3 is 1.56 bits per heavy atom. The molecule has 0 saturated carbocycles. The van der Waals surface area contributed by atoms with Crippen LogP contribution in [0.2, 0.25) is 0 Å². The van der Waals surface area contributed by atoms with Gasteiger partial charge in [-0.3, -0.25) is 0 Å². The lowest BCUT2D eigenvalue weighted by Gasteiger charge is -2.28. The van der Waals surface area contributed by atoms with Gasteiger partial charge in [-0.2, -0.15) is 0 Å². The number of hydrogen-bond donors (Lipinski definition) is 0. The molecular formula is C23H24BrNO6S. The molecule has 7 nitrogen and oxygen atoms in total. The second kappa shape index (κ2) is 10.1. The van der Waals surface area contributed by atoms with E-state index < -0.39 is 10.0 Å². The maximum Gasteiger partial charge on any atom is 0.268 e. The number of ether oxygens (including phenoxy) is 4. The van der Waals surface area contributed by atoms with Crippen LogP contribution in [0, 0.1) is 0 Å². The molecule has 0 bridgehead atoms. The highest BCUT2D eigenvalue weighted by Gasteiger charge is 2.31. The summed E-state index contributed by atoms with van der Waals surface area (Å²) in [6.45, 7) is 0. The molecule has 32 heavy (non-hydrogen) atoms. The Bertz CT molecular complexity index is 1130. The topological polar surface area (TPSA) is 74.3 Å². The van der Waals surface area contributed by atoms with Gasteiger partial charge in [0.25, 0.3) is 10.0 Å². The summed E-state index contributed by atoms with van der Waals surface area (Å²) in [5.41, 5.74) is 1.57. The summed E-state index contributed by atoms with van der Waals surface area (Å²) in [6.07, 6.45) is 0. The van der Waals surface area contributed by atoms with Crippen molar-refractivity contribution in [3.63, 3.8) is 0 Å². The molecule has 170 valence electrons. The second-order valence-corrected chi connectivity index (χ2v) is 8.97. The van der Waals surface area contributed by atoms with Crippen LogP contribution < -0.4 is 23.3 Å². The quantitative estimate of drug-likeness (QED) is 0.363. The van der Waals surface area contributed by atoms with Crippen LogP contribution in [0.3, 0.4) is 0 Å². The van der Waals surface area contributed by atoms with Crippen LogP contribution in [0.5, 0.6) is 23.0 Å². The highest BCUT2D eigenvalue weighted by atomic mass is 79.9. The molecule has 0 aromatic heterocycles. The zero-order chi connectivity index (χ0) is 23.3. The normalized spacial score (nSPS) is 11.0. The van der Waals surface area contributed by atoms with E-state index in [0.29, 0.717) is 39.7 Å². The molecule has 0 atom stereocenters. The van der Waals surface area contributed by atoms with Gasteiger partial charge in [-0.1, -0.05) is 28.1 Å². The zero-order valence-electron chi connectivity index (χ0n) is 18.2. The zero-order valence-corrected chi connectivity index (χ0v) is 20.6. The van der Waals surface area contributed by atoms with E-state index in [1.807, 2.05) is 0 Å². The fraction of sp³-hybridized carbons (Fsp3) is 0.217. The summed E-state index contributed by atoms with van der Waals surface area (Å²) >= 11 is 3.38. The summed E-state index contributed by atoms with van der Waals surface area (Å²) in [5.74, 6) is 1.71. The molecule has 0 unspecified atom stereocenters. The Morgan fingerprint density at radius 2 is 1.19 bits per heavy atom. The number of halogens is 1. The molecule has 3 aromatic rings. The number of anilines is 2. The minimum Gasteiger partial charge on any atom is -0.497 e. The summed E-state index contributed by atoms with van der Waals surface area (Å²) in [4.78, 5) is 0.123. The van der Waals surface area contributed by atoms with Gasteiger partial charge in [0.2, 0.25) is 0 Å². The van der Waals surface area contributed by atoms with Crippen molar-refractivity contribution in [3.8, 4) is 23.0 Å². The first-order valence-corrected chi connectivity index (χ1v) is 12.1. The molecule has 3 rings (SSSR count). The van der Waals surface area contributed by atoms with Crippen LogP contribution in [0.1, 0.15) is 5.56 Å². The van der Waals surface area contributed by atoms with Crippen LogP contribution in [0.25, 0.3) is 0 Å². The molecule has 0 aliphatic carbocycles. The number of hydrogen-bond acceptors (Lipinski definition) is 6. The third kappa shape index (κ3) is 4.63. The molecule has 0 N–H and O–H groups in total. The van der Waals surface area contributed by atoms with Crippen molar-refractivity contribution in [2.75, 3.05) is 32.7 Å². The monoisotopic (exact) mass is 521 g/mol.